The first kappa shape index (κ1) is 14.2. The molecule has 0 radical (unpaired) electrons. The van der Waals surface area contributed by atoms with E-state index in [2.05, 4.69) is 10.3 Å². The number of hydrogen-bond donors (Lipinski definition) is 1. The Morgan fingerprint density at radius 1 is 1.21 bits per heavy atom. The minimum Gasteiger partial charge on any atom is -0.410 e. The van der Waals surface area contributed by atoms with E-state index in [9.17, 15) is 14.8 Å². The highest BCUT2D eigenvalue weighted by molar-refractivity contribution is 6.06. The van der Waals surface area contributed by atoms with Crippen molar-refractivity contribution in [2.24, 2.45) is 0 Å². The lowest BCUT2D eigenvalue weighted by Crippen LogP contribution is -2.30. The molecule has 1 amide bonds. The molecule has 0 saturated heterocycles. The fourth-order valence-corrected chi connectivity index (χ4v) is 2.88. The average Bonchev–Trinajstić information content (AvgIpc) is 3.20. The zero-order valence-corrected chi connectivity index (χ0v) is 12.5. The lowest BCUT2D eigenvalue weighted by molar-refractivity contribution is 0.0901. The molecular formula is C16H13N5O3. The molecule has 0 saturated carbocycles. The van der Waals surface area contributed by atoms with E-state index in [1.807, 2.05) is 12.1 Å². The number of hydrogen-bond acceptors (Lipinski definition) is 5. The minimum atomic E-state index is -0.390. The van der Waals surface area contributed by atoms with E-state index >= 15 is 0 Å². The zero-order valence-electron chi connectivity index (χ0n) is 12.5. The van der Waals surface area contributed by atoms with Crippen molar-refractivity contribution in [3.05, 3.63) is 70.4 Å². The highest BCUT2D eigenvalue weighted by atomic mass is 16.5. The van der Waals surface area contributed by atoms with Gasteiger partial charge in [0.1, 0.15) is 0 Å². The van der Waals surface area contributed by atoms with Gasteiger partial charge in [0.15, 0.2) is 5.69 Å². The molecule has 8 nitrogen and oxygen atoms in total. The number of nitrogens with zero attached hydrogens (tertiary/aromatic N) is 5. The molecule has 1 aromatic carbocycles. The van der Waals surface area contributed by atoms with E-state index in [0.717, 1.165) is 11.3 Å². The summed E-state index contributed by atoms with van der Waals surface area (Å²) >= 11 is 0. The molecule has 4 rings (SSSR count). The molecule has 1 N–H and O–H groups in total. The fraction of sp³-hybridized carbons (Fsp3) is 0.125. The summed E-state index contributed by atoms with van der Waals surface area (Å²) in [5.74, 6) is -0.390. The van der Waals surface area contributed by atoms with Gasteiger partial charge in [-0.25, -0.2) is 0 Å². The summed E-state index contributed by atoms with van der Waals surface area (Å²) in [5.41, 5.74) is 2.24. The number of pyridine rings is 1. The van der Waals surface area contributed by atoms with Crippen molar-refractivity contribution < 1.29 is 10.0 Å². The lowest BCUT2D eigenvalue weighted by Gasteiger charge is -2.17. The van der Waals surface area contributed by atoms with E-state index < -0.39 is 0 Å². The Kier molecular flexibility index (Phi) is 3.16. The van der Waals surface area contributed by atoms with Crippen LogP contribution in [0.2, 0.25) is 0 Å². The first-order valence-corrected chi connectivity index (χ1v) is 7.38. The second-order valence-electron chi connectivity index (χ2n) is 5.44. The van der Waals surface area contributed by atoms with E-state index in [0.29, 0.717) is 23.5 Å². The molecule has 0 spiro atoms. The van der Waals surface area contributed by atoms with Gasteiger partial charge in [-0.2, -0.15) is 0 Å². The third-order valence-electron chi connectivity index (χ3n) is 4.06. The van der Waals surface area contributed by atoms with Gasteiger partial charge in [0, 0.05) is 24.5 Å². The standard InChI is InChI=1S/C16H13N5O3/c22-15-3-1-2-7-19(15)12-5-4-11-6-8-20(13(11)9-12)16(23)14-10-17-18-21(14)24/h1-5,7,9-10,24H,6,8H2. The van der Waals surface area contributed by atoms with Crippen LogP contribution >= 0.6 is 0 Å². The molecule has 24 heavy (non-hydrogen) atoms. The zero-order chi connectivity index (χ0) is 16.7. The van der Waals surface area contributed by atoms with Crippen molar-refractivity contribution in [1.82, 2.24) is 19.7 Å². The number of rotatable bonds is 2. The summed E-state index contributed by atoms with van der Waals surface area (Å²) in [6.45, 7) is 0.493. The molecular weight excluding hydrogens is 310 g/mol. The molecule has 3 aromatic rings. The monoisotopic (exact) mass is 323 g/mol. The van der Waals surface area contributed by atoms with Crippen LogP contribution in [0.3, 0.4) is 0 Å². The van der Waals surface area contributed by atoms with Crippen molar-refractivity contribution in [2.45, 2.75) is 6.42 Å². The number of carbonyl (C=O) groups excluding carboxylic acids is 1. The third-order valence-corrected chi connectivity index (χ3v) is 4.06. The first-order valence-electron chi connectivity index (χ1n) is 7.38. The molecule has 1 aliphatic heterocycles. The summed E-state index contributed by atoms with van der Waals surface area (Å²) in [6, 6.07) is 10.5. The maximum absolute atomic E-state index is 12.6. The normalized spacial score (nSPS) is 13.1. The quantitative estimate of drug-likeness (QED) is 0.706. The van der Waals surface area contributed by atoms with Crippen LogP contribution in [0.25, 0.3) is 5.69 Å². The number of fused-ring (bicyclic) bond motifs is 1. The van der Waals surface area contributed by atoms with Crippen LogP contribution in [0.5, 0.6) is 0 Å². The Bertz CT molecular complexity index is 991. The molecule has 0 atom stereocenters. The van der Waals surface area contributed by atoms with Crippen molar-refractivity contribution in [1.29, 1.82) is 0 Å². The fourth-order valence-electron chi connectivity index (χ4n) is 2.88. The topological polar surface area (TPSA) is 93.2 Å². The van der Waals surface area contributed by atoms with Crippen LogP contribution in [0.15, 0.2) is 53.6 Å². The van der Waals surface area contributed by atoms with Gasteiger partial charge < -0.3 is 10.1 Å². The lowest BCUT2D eigenvalue weighted by atomic mass is 10.1. The summed E-state index contributed by atoms with van der Waals surface area (Å²) in [5, 5.41) is 16.4. The van der Waals surface area contributed by atoms with Crippen LogP contribution in [-0.2, 0) is 6.42 Å². The Morgan fingerprint density at radius 3 is 2.83 bits per heavy atom. The number of carbonyl (C=O) groups is 1. The SMILES string of the molecule is O=C(c1cnnn1O)N1CCc2ccc(-n3ccccc3=O)cc21. The summed E-state index contributed by atoms with van der Waals surface area (Å²) in [4.78, 5) is 26.6. The molecule has 0 aliphatic carbocycles. The molecule has 0 unspecified atom stereocenters. The van der Waals surface area contributed by atoms with Gasteiger partial charge in [0.25, 0.3) is 11.5 Å². The smallest absolute Gasteiger partial charge is 0.282 e. The number of benzene rings is 1. The molecule has 0 fully saturated rings. The molecule has 1 aliphatic rings. The molecule has 8 heteroatoms. The van der Waals surface area contributed by atoms with Gasteiger partial charge in [-0.3, -0.25) is 14.2 Å². The number of anilines is 1. The maximum atomic E-state index is 12.6. The Labute approximate surface area is 136 Å². The highest BCUT2D eigenvalue weighted by Crippen LogP contribution is 2.31. The summed E-state index contributed by atoms with van der Waals surface area (Å²) < 4.78 is 1.51. The van der Waals surface area contributed by atoms with E-state index in [4.69, 9.17) is 0 Å². The Balaban J connectivity index is 1.77. The van der Waals surface area contributed by atoms with Crippen LogP contribution in [-0.4, -0.2) is 37.4 Å². The highest BCUT2D eigenvalue weighted by Gasteiger charge is 2.28. The van der Waals surface area contributed by atoms with Crippen LogP contribution in [0.4, 0.5) is 5.69 Å². The molecule has 3 heterocycles. The predicted molar refractivity (Wildman–Crippen MR) is 84.6 cm³/mol. The molecule has 120 valence electrons. The third kappa shape index (κ3) is 2.16. The minimum absolute atomic E-state index is 0.00914. The van der Waals surface area contributed by atoms with Gasteiger partial charge >= 0.3 is 0 Å². The van der Waals surface area contributed by atoms with Crippen molar-refractivity contribution >= 4 is 11.6 Å². The number of amides is 1. The van der Waals surface area contributed by atoms with Gasteiger partial charge in [0.05, 0.1) is 11.9 Å². The molecule has 2 aromatic heterocycles. The van der Waals surface area contributed by atoms with Gasteiger partial charge in [-0.1, -0.05) is 17.0 Å². The van der Waals surface area contributed by atoms with Crippen LogP contribution < -0.4 is 10.5 Å². The van der Waals surface area contributed by atoms with Crippen molar-refractivity contribution in [2.75, 3.05) is 11.4 Å². The van der Waals surface area contributed by atoms with Gasteiger partial charge in [-0.05, 0) is 35.4 Å². The van der Waals surface area contributed by atoms with E-state index in [1.54, 1.807) is 29.3 Å². The summed E-state index contributed by atoms with van der Waals surface area (Å²) in [6.07, 6.45) is 3.60. The van der Waals surface area contributed by atoms with Gasteiger partial charge in [0.2, 0.25) is 0 Å². The van der Waals surface area contributed by atoms with Gasteiger partial charge in [-0.15, -0.1) is 5.10 Å². The average molecular weight is 323 g/mol. The van der Waals surface area contributed by atoms with E-state index in [-0.39, 0.29) is 17.2 Å². The second-order valence-corrected chi connectivity index (χ2v) is 5.44. The Morgan fingerprint density at radius 2 is 2.08 bits per heavy atom. The maximum Gasteiger partial charge on any atom is 0.282 e. The Hall–Kier alpha value is -3.42. The first-order chi connectivity index (χ1) is 11.6. The second kappa shape index (κ2) is 5.34. The van der Waals surface area contributed by atoms with E-state index in [1.165, 1.54) is 16.8 Å². The predicted octanol–water partition coefficient (Wildman–Crippen LogP) is 0.869. The summed E-state index contributed by atoms with van der Waals surface area (Å²) in [7, 11) is 0. The largest absolute Gasteiger partial charge is 0.410 e. The molecule has 0 bridgehead atoms. The number of aromatic nitrogens is 4. The van der Waals surface area contributed by atoms with Crippen LogP contribution in [0.1, 0.15) is 16.1 Å². The van der Waals surface area contributed by atoms with Crippen molar-refractivity contribution in [3.8, 4) is 5.69 Å². The van der Waals surface area contributed by atoms with Crippen molar-refractivity contribution in [3.63, 3.8) is 0 Å². The van der Waals surface area contributed by atoms with Crippen LogP contribution in [0, 0.1) is 0 Å².